The van der Waals surface area contributed by atoms with E-state index in [2.05, 4.69) is 43.8 Å². The highest BCUT2D eigenvalue weighted by Gasteiger charge is 2.13. The molecular weight excluding hydrogens is 494 g/mol. The molecule has 0 spiro atoms. The van der Waals surface area contributed by atoms with Crippen LogP contribution >= 0.6 is 28.1 Å². The van der Waals surface area contributed by atoms with Crippen LogP contribution in [0.15, 0.2) is 40.9 Å². The Bertz CT molecular complexity index is 1130. The van der Waals surface area contributed by atoms with E-state index in [1.807, 2.05) is 37.3 Å². The molecule has 3 aromatic rings. The number of halogens is 1. The number of methoxy groups -OCH3 is 1. The minimum Gasteiger partial charge on any atom is -0.493 e. The van der Waals surface area contributed by atoms with E-state index in [1.165, 1.54) is 0 Å². The highest BCUT2D eigenvalue weighted by Crippen LogP contribution is 2.33. The molecule has 0 aliphatic rings. The van der Waals surface area contributed by atoms with Crippen molar-refractivity contribution in [2.75, 3.05) is 24.5 Å². The number of aryl methyl sites for hydroxylation is 2. The minimum atomic E-state index is -0.254. The lowest BCUT2D eigenvalue weighted by Gasteiger charge is -2.15. The average molecular weight is 520 g/mol. The highest BCUT2D eigenvalue weighted by molar-refractivity contribution is 9.10. The average Bonchev–Trinajstić information content (AvgIpc) is 3.12. The monoisotopic (exact) mass is 519 g/mol. The van der Waals surface area contributed by atoms with Crippen LogP contribution in [0.1, 0.15) is 30.3 Å². The molecule has 1 aromatic heterocycles. The number of nitrogens with zero attached hydrogens (tertiary/aromatic N) is 2. The Morgan fingerprint density at radius 1 is 1.25 bits per heavy atom. The zero-order valence-electron chi connectivity index (χ0n) is 18.2. The van der Waals surface area contributed by atoms with Crippen molar-refractivity contribution in [2.24, 2.45) is 0 Å². The Labute approximate surface area is 200 Å². The van der Waals surface area contributed by atoms with Gasteiger partial charge in [0, 0.05) is 16.6 Å². The molecule has 32 heavy (non-hydrogen) atoms. The van der Waals surface area contributed by atoms with Gasteiger partial charge in [0.2, 0.25) is 4.77 Å². The van der Waals surface area contributed by atoms with Gasteiger partial charge in [0.05, 0.1) is 13.7 Å². The Kier molecular flexibility index (Phi) is 8.29. The number of nitrogens with one attached hydrogen (secondary N) is 3. The fourth-order valence-corrected chi connectivity index (χ4v) is 3.69. The minimum absolute atomic E-state index is 0.140. The van der Waals surface area contributed by atoms with Gasteiger partial charge in [-0.05, 0) is 55.4 Å². The molecule has 0 bridgehead atoms. The lowest BCUT2D eigenvalue weighted by molar-refractivity contribution is -0.118. The first-order chi connectivity index (χ1) is 15.4. The predicted molar refractivity (Wildman–Crippen MR) is 130 cm³/mol. The van der Waals surface area contributed by atoms with Gasteiger partial charge in [-0.15, -0.1) is 0 Å². The number of ether oxygens (including phenoxy) is 2. The third-order valence-electron chi connectivity index (χ3n) is 4.67. The SMILES string of the molecule is CCCc1n[nH]c(=S)n1NCc1cc(OC)c(OCC(=O)Nc2ccc(C)cc2)cc1Br. The fraction of sp³-hybridized carbons (Fsp3) is 0.318. The van der Waals surface area contributed by atoms with Gasteiger partial charge in [-0.3, -0.25) is 9.89 Å². The zero-order chi connectivity index (χ0) is 23.1. The highest BCUT2D eigenvalue weighted by atomic mass is 79.9. The molecule has 3 N–H and O–H groups in total. The van der Waals surface area contributed by atoms with Crippen LogP contribution in [0, 0.1) is 11.7 Å². The molecule has 8 nitrogen and oxygen atoms in total. The number of carbonyl (C=O) groups excluding carboxylic acids is 1. The second-order valence-electron chi connectivity index (χ2n) is 7.16. The molecule has 3 rings (SSSR count). The van der Waals surface area contributed by atoms with Crippen molar-refractivity contribution < 1.29 is 14.3 Å². The first kappa shape index (κ1) is 23.8. The summed E-state index contributed by atoms with van der Waals surface area (Å²) in [6, 6.07) is 11.2. The van der Waals surface area contributed by atoms with Gasteiger partial charge in [0.25, 0.3) is 5.91 Å². The number of anilines is 1. The molecule has 1 amide bonds. The molecule has 2 aromatic carbocycles. The maximum atomic E-state index is 12.3. The van der Waals surface area contributed by atoms with E-state index < -0.39 is 0 Å². The number of benzene rings is 2. The number of H-pyrrole nitrogens is 1. The van der Waals surface area contributed by atoms with Crippen molar-refractivity contribution >= 4 is 39.7 Å². The lowest BCUT2D eigenvalue weighted by Crippen LogP contribution is -2.20. The molecular formula is C22H26BrN5O3S. The quantitative estimate of drug-likeness (QED) is 0.335. The summed E-state index contributed by atoms with van der Waals surface area (Å²) in [6.07, 6.45) is 1.77. The van der Waals surface area contributed by atoms with E-state index >= 15 is 0 Å². The molecule has 0 atom stereocenters. The summed E-state index contributed by atoms with van der Waals surface area (Å²) in [4.78, 5) is 12.3. The lowest BCUT2D eigenvalue weighted by atomic mass is 10.2. The number of aromatic nitrogens is 3. The van der Waals surface area contributed by atoms with Crippen molar-refractivity contribution in [1.29, 1.82) is 0 Å². The van der Waals surface area contributed by atoms with Crippen LogP contribution in [-0.2, 0) is 17.8 Å². The topological polar surface area (TPSA) is 93.2 Å². The molecule has 170 valence electrons. The molecule has 0 saturated carbocycles. The molecule has 1 heterocycles. The van der Waals surface area contributed by atoms with Gasteiger partial charge in [0.1, 0.15) is 0 Å². The largest absolute Gasteiger partial charge is 0.493 e. The van der Waals surface area contributed by atoms with E-state index in [4.69, 9.17) is 21.7 Å². The molecule has 0 saturated heterocycles. The summed E-state index contributed by atoms with van der Waals surface area (Å²) in [5, 5.41) is 9.87. The van der Waals surface area contributed by atoms with Crippen molar-refractivity contribution in [1.82, 2.24) is 14.9 Å². The van der Waals surface area contributed by atoms with Crippen molar-refractivity contribution in [3.05, 3.63) is 62.6 Å². The molecule has 0 fully saturated rings. The summed E-state index contributed by atoms with van der Waals surface area (Å²) in [5.41, 5.74) is 6.06. The van der Waals surface area contributed by atoms with Gasteiger partial charge in [-0.25, -0.2) is 4.68 Å². The van der Waals surface area contributed by atoms with E-state index in [1.54, 1.807) is 17.9 Å². The van der Waals surface area contributed by atoms with Crippen LogP contribution in [0.3, 0.4) is 0 Å². The molecule has 0 aliphatic carbocycles. The number of aromatic amines is 1. The van der Waals surface area contributed by atoms with Crippen LogP contribution in [0.5, 0.6) is 11.5 Å². The van der Waals surface area contributed by atoms with Crippen LogP contribution in [-0.4, -0.2) is 34.5 Å². The second-order valence-corrected chi connectivity index (χ2v) is 8.40. The Balaban J connectivity index is 1.65. The van der Waals surface area contributed by atoms with Gasteiger partial charge in [0.15, 0.2) is 23.9 Å². The Hall–Kier alpha value is -2.85. The summed E-state index contributed by atoms with van der Waals surface area (Å²) >= 11 is 8.88. The third-order valence-corrected chi connectivity index (χ3v) is 5.68. The Morgan fingerprint density at radius 2 is 2.00 bits per heavy atom. The van der Waals surface area contributed by atoms with Crippen molar-refractivity contribution in [3.63, 3.8) is 0 Å². The molecule has 0 radical (unpaired) electrons. The molecule has 0 aliphatic heterocycles. The predicted octanol–water partition coefficient (Wildman–Crippen LogP) is 4.73. The fourth-order valence-electron chi connectivity index (χ4n) is 3.01. The number of rotatable bonds is 10. The summed E-state index contributed by atoms with van der Waals surface area (Å²) in [5.74, 6) is 1.59. The van der Waals surface area contributed by atoms with Gasteiger partial charge >= 0.3 is 0 Å². The maximum Gasteiger partial charge on any atom is 0.262 e. The Morgan fingerprint density at radius 3 is 2.69 bits per heavy atom. The normalized spacial score (nSPS) is 10.6. The maximum absolute atomic E-state index is 12.3. The summed E-state index contributed by atoms with van der Waals surface area (Å²) in [6.45, 7) is 4.42. The van der Waals surface area contributed by atoms with Crippen molar-refractivity contribution in [3.8, 4) is 11.5 Å². The van der Waals surface area contributed by atoms with Crippen LogP contribution < -0.4 is 20.2 Å². The number of hydrogen-bond donors (Lipinski definition) is 3. The van der Waals surface area contributed by atoms with Gasteiger partial charge in [-0.2, -0.15) is 5.10 Å². The second kappa shape index (κ2) is 11.1. The first-order valence-corrected chi connectivity index (χ1v) is 11.4. The van der Waals surface area contributed by atoms with E-state index in [9.17, 15) is 4.79 Å². The number of amides is 1. The van der Waals surface area contributed by atoms with E-state index in [0.29, 0.717) is 22.8 Å². The molecule has 0 unspecified atom stereocenters. The third kappa shape index (κ3) is 6.10. The standard InChI is InChI=1S/C22H26BrN5O3S/c1-4-5-20-26-27-22(32)28(20)24-12-15-10-18(30-3)19(11-17(15)23)31-13-21(29)25-16-8-6-14(2)7-9-16/h6-11,24H,4-5,12-13H2,1-3H3,(H,25,29)(H,27,32). The van der Waals surface area contributed by atoms with Gasteiger partial charge < -0.3 is 20.2 Å². The van der Waals surface area contributed by atoms with Gasteiger partial charge in [-0.1, -0.05) is 40.5 Å². The van der Waals surface area contributed by atoms with Crippen molar-refractivity contribution in [2.45, 2.75) is 33.2 Å². The molecule has 10 heteroatoms. The van der Waals surface area contributed by atoms with E-state index in [0.717, 1.165) is 40.0 Å². The number of carbonyl (C=O) groups is 1. The zero-order valence-corrected chi connectivity index (χ0v) is 20.6. The van der Waals surface area contributed by atoms with Crippen LogP contribution in [0.4, 0.5) is 5.69 Å². The van der Waals surface area contributed by atoms with Crippen LogP contribution in [0.25, 0.3) is 0 Å². The number of hydrogen-bond acceptors (Lipinski definition) is 6. The summed E-state index contributed by atoms with van der Waals surface area (Å²) < 4.78 is 14.3. The first-order valence-electron chi connectivity index (χ1n) is 10.2. The summed E-state index contributed by atoms with van der Waals surface area (Å²) in [7, 11) is 1.56. The van der Waals surface area contributed by atoms with Crippen LogP contribution in [0.2, 0.25) is 0 Å². The smallest absolute Gasteiger partial charge is 0.262 e. The van der Waals surface area contributed by atoms with E-state index in [-0.39, 0.29) is 12.5 Å².